The maximum Gasteiger partial charge on any atom is 0.320 e. The molecule has 2 aliphatic heterocycles. The molecule has 1 fully saturated rings. The van der Waals surface area contributed by atoms with E-state index in [1.54, 1.807) is 0 Å². The van der Waals surface area contributed by atoms with Crippen LogP contribution in [0.4, 0.5) is 17.6 Å². The van der Waals surface area contributed by atoms with Gasteiger partial charge in [0.05, 0.1) is 13.0 Å². The van der Waals surface area contributed by atoms with Crippen LogP contribution in [0.25, 0.3) is 0 Å². The molecule has 0 aliphatic carbocycles. The first-order chi connectivity index (χ1) is 9.66. The molecule has 0 unspecified atom stereocenters. The number of allylic oxidation sites excluding steroid dienone is 1. The topological polar surface area (TPSA) is 87.1 Å². The number of hydrogen-bond donors (Lipinski definition) is 2. The Labute approximate surface area is 115 Å². The van der Waals surface area contributed by atoms with Gasteiger partial charge in [-0.05, 0) is 6.08 Å². The smallest absolute Gasteiger partial charge is 0.320 e. The minimum atomic E-state index is -4.25. The van der Waals surface area contributed by atoms with Crippen molar-refractivity contribution in [3.05, 3.63) is 12.3 Å². The quantitative estimate of drug-likeness (QED) is 0.549. The lowest BCUT2D eigenvalue weighted by Crippen LogP contribution is -2.54. The Balaban J connectivity index is 2.39. The van der Waals surface area contributed by atoms with Crippen LogP contribution < -0.4 is 0 Å². The van der Waals surface area contributed by atoms with Gasteiger partial charge < -0.3 is 14.9 Å². The molecule has 3 atom stereocenters. The number of ketones is 1. The average molecular weight is 313 g/mol. The third-order valence-electron chi connectivity index (χ3n) is 3.39. The largest absolute Gasteiger partial charge is 0.393 e. The number of rotatable bonds is 3. The molecule has 0 aromatic rings. The second kappa shape index (κ2) is 5.04. The van der Waals surface area contributed by atoms with Crippen molar-refractivity contribution in [2.24, 2.45) is 0 Å². The van der Waals surface area contributed by atoms with Gasteiger partial charge in [-0.1, -0.05) is 0 Å². The summed E-state index contributed by atoms with van der Waals surface area (Å²) in [5.74, 6) is -5.97. The van der Waals surface area contributed by atoms with Crippen LogP contribution in [-0.4, -0.2) is 63.7 Å². The van der Waals surface area contributed by atoms with Gasteiger partial charge in [0.15, 0.2) is 17.5 Å². The summed E-state index contributed by atoms with van der Waals surface area (Å²) < 4.78 is 58.3. The zero-order valence-corrected chi connectivity index (χ0v) is 10.4. The van der Waals surface area contributed by atoms with Crippen LogP contribution in [0.5, 0.6) is 0 Å². The van der Waals surface area contributed by atoms with Crippen LogP contribution in [0.3, 0.4) is 0 Å². The number of halogens is 4. The molecule has 0 aromatic heterocycles. The molecular weight excluding hydrogens is 302 g/mol. The summed E-state index contributed by atoms with van der Waals surface area (Å²) >= 11 is 0. The van der Waals surface area contributed by atoms with E-state index in [4.69, 9.17) is 5.11 Å². The van der Waals surface area contributed by atoms with E-state index in [-0.39, 0.29) is 4.90 Å². The van der Waals surface area contributed by atoms with E-state index in [2.05, 4.69) is 4.74 Å². The van der Waals surface area contributed by atoms with Gasteiger partial charge in [-0.2, -0.15) is 8.78 Å². The van der Waals surface area contributed by atoms with Crippen molar-refractivity contribution in [1.82, 2.24) is 4.90 Å². The van der Waals surface area contributed by atoms with Crippen LogP contribution >= 0.6 is 0 Å². The van der Waals surface area contributed by atoms with Crippen molar-refractivity contribution in [2.75, 3.05) is 6.61 Å². The van der Waals surface area contributed by atoms with Crippen molar-refractivity contribution in [1.29, 1.82) is 0 Å². The van der Waals surface area contributed by atoms with E-state index < -0.39 is 55.0 Å². The van der Waals surface area contributed by atoms with Gasteiger partial charge in [-0.25, -0.2) is 8.78 Å². The van der Waals surface area contributed by atoms with E-state index in [0.29, 0.717) is 6.20 Å². The highest BCUT2D eigenvalue weighted by atomic mass is 19.3. The first-order valence-corrected chi connectivity index (χ1v) is 5.81. The molecule has 21 heavy (non-hydrogen) atoms. The van der Waals surface area contributed by atoms with Crippen LogP contribution in [-0.2, 0) is 14.3 Å². The second-order valence-corrected chi connectivity index (χ2v) is 4.72. The molecule has 1 amide bonds. The zero-order chi connectivity index (χ0) is 16.0. The summed E-state index contributed by atoms with van der Waals surface area (Å²) in [6.45, 7) is -1.57. The van der Waals surface area contributed by atoms with Crippen molar-refractivity contribution in [3.8, 4) is 0 Å². The Kier molecular flexibility index (Phi) is 3.80. The molecule has 0 bridgehead atoms. The highest BCUT2D eigenvalue weighted by Crippen LogP contribution is 2.46. The van der Waals surface area contributed by atoms with Crippen LogP contribution in [0.15, 0.2) is 12.3 Å². The van der Waals surface area contributed by atoms with Crippen molar-refractivity contribution < 1.29 is 42.1 Å². The summed E-state index contributed by atoms with van der Waals surface area (Å²) in [4.78, 5) is 22.8. The molecule has 2 aliphatic rings. The maximum absolute atomic E-state index is 14.0. The molecular formula is C11H11F4NO5. The number of aliphatic hydroxyl groups excluding tert-OH is 2. The minimum absolute atomic E-state index is 0.268. The van der Waals surface area contributed by atoms with Gasteiger partial charge >= 0.3 is 5.92 Å². The molecule has 118 valence electrons. The molecule has 10 heteroatoms. The van der Waals surface area contributed by atoms with Gasteiger partial charge in [0.2, 0.25) is 12.1 Å². The Morgan fingerprint density at radius 3 is 2.48 bits per heavy atom. The predicted molar refractivity (Wildman–Crippen MR) is 57.3 cm³/mol. The van der Waals surface area contributed by atoms with Gasteiger partial charge in [0, 0.05) is 6.20 Å². The van der Waals surface area contributed by atoms with Gasteiger partial charge in [0.25, 0.3) is 6.43 Å². The lowest BCUT2D eigenvalue weighted by Gasteiger charge is -2.31. The summed E-state index contributed by atoms with van der Waals surface area (Å²) in [6.07, 6.45) is -8.39. The number of carbonyl (C=O) groups is 2. The highest BCUT2D eigenvalue weighted by Gasteiger charge is 2.71. The van der Waals surface area contributed by atoms with Crippen LogP contribution in [0.1, 0.15) is 6.42 Å². The van der Waals surface area contributed by atoms with Crippen molar-refractivity contribution in [3.63, 3.8) is 0 Å². The third kappa shape index (κ3) is 2.23. The Bertz CT molecular complexity index is 497. The summed E-state index contributed by atoms with van der Waals surface area (Å²) in [6, 6.07) is 0. The average Bonchev–Trinajstić information content (AvgIpc) is 2.60. The standard InChI is InChI=1S/C11H11F4NO5/c12-8(13)10(4-17)7(20)11(14,15)9(21-10)16-2-1-5(18)3-6(16)19/h1-2,7-9,17,20H,3-4H2/t7-,9-,10-/m1/s1. The van der Waals surface area contributed by atoms with Gasteiger partial charge in [0.1, 0.15) is 0 Å². The molecule has 2 rings (SSSR count). The number of ether oxygens (including phenoxy) is 1. The molecule has 2 N–H and O–H groups in total. The SMILES string of the molecule is O=C1C=CN([C@@H]2O[C@@](CO)(C(F)F)[C@@H](O)C2(F)F)C(=O)C1. The summed E-state index contributed by atoms with van der Waals surface area (Å²) in [5.41, 5.74) is -3.20. The predicted octanol–water partition coefficient (Wildman–Crippen LogP) is -0.350. The van der Waals surface area contributed by atoms with E-state index in [1.807, 2.05) is 0 Å². The van der Waals surface area contributed by atoms with E-state index >= 15 is 0 Å². The number of amides is 1. The lowest BCUT2D eigenvalue weighted by atomic mass is 9.95. The third-order valence-corrected chi connectivity index (χ3v) is 3.39. The molecule has 6 nitrogen and oxygen atoms in total. The molecule has 0 spiro atoms. The molecule has 0 saturated carbocycles. The lowest BCUT2D eigenvalue weighted by molar-refractivity contribution is -0.203. The fourth-order valence-electron chi connectivity index (χ4n) is 2.17. The Morgan fingerprint density at radius 2 is 2.05 bits per heavy atom. The van der Waals surface area contributed by atoms with Crippen molar-refractivity contribution in [2.45, 2.75) is 36.7 Å². The highest BCUT2D eigenvalue weighted by molar-refractivity contribution is 6.06. The van der Waals surface area contributed by atoms with E-state index in [1.165, 1.54) is 0 Å². The Morgan fingerprint density at radius 1 is 1.43 bits per heavy atom. The maximum atomic E-state index is 14.0. The first-order valence-electron chi connectivity index (χ1n) is 5.81. The molecule has 0 radical (unpaired) electrons. The first kappa shape index (κ1) is 15.9. The monoisotopic (exact) mass is 313 g/mol. The molecule has 1 saturated heterocycles. The summed E-state index contributed by atoms with van der Waals surface area (Å²) in [5, 5.41) is 18.4. The van der Waals surface area contributed by atoms with Gasteiger partial charge in [-0.15, -0.1) is 0 Å². The molecule has 2 heterocycles. The van der Waals surface area contributed by atoms with E-state index in [9.17, 15) is 32.3 Å². The van der Waals surface area contributed by atoms with Gasteiger partial charge in [-0.3, -0.25) is 14.5 Å². The number of hydrogen-bond acceptors (Lipinski definition) is 5. The number of aliphatic hydroxyl groups is 2. The van der Waals surface area contributed by atoms with Crippen molar-refractivity contribution >= 4 is 11.7 Å². The number of nitrogens with zero attached hydrogens (tertiary/aromatic N) is 1. The fourth-order valence-corrected chi connectivity index (χ4v) is 2.17. The Hall–Kier alpha value is -1.52. The molecule has 0 aromatic carbocycles. The second-order valence-electron chi connectivity index (χ2n) is 4.72. The van der Waals surface area contributed by atoms with Crippen LogP contribution in [0.2, 0.25) is 0 Å². The number of carbonyl (C=O) groups excluding carboxylic acids is 2. The van der Waals surface area contributed by atoms with Crippen LogP contribution in [0, 0.1) is 0 Å². The fraction of sp³-hybridized carbons (Fsp3) is 0.636. The zero-order valence-electron chi connectivity index (χ0n) is 10.4. The van der Waals surface area contributed by atoms with E-state index in [0.717, 1.165) is 6.08 Å². The number of alkyl halides is 4. The minimum Gasteiger partial charge on any atom is -0.393 e. The summed E-state index contributed by atoms with van der Waals surface area (Å²) in [7, 11) is 0. The normalized spacial score (nSPS) is 35.9.